The summed E-state index contributed by atoms with van der Waals surface area (Å²) in [6.45, 7) is 8.10. The molecule has 0 radical (unpaired) electrons. The summed E-state index contributed by atoms with van der Waals surface area (Å²) in [6, 6.07) is 20.3. The SMILES string of the molecule is Cc1cc(Nc2cccc(C(F)(F)F)c2)ccc1/C=N/Nc1ncc(F)c(N2CCOCC2)n1.Cc1cc(Nc2cccc(C(F)(F)F)c2)ccc1C=O.NNc1ncc(F)c(N2CCOCC2)n1. The van der Waals surface area contributed by atoms with Crippen molar-refractivity contribution in [3.05, 3.63) is 142 Å². The number of aldehydes is 1. The number of ether oxygens (including phenoxy) is 2. The number of rotatable bonds is 11. The Labute approximate surface area is 390 Å². The van der Waals surface area contributed by atoms with Crippen LogP contribution in [0.3, 0.4) is 0 Å². The molecule has 2 aliphatic rings. The van der Waals surface area contributed by atoms with E-state index in [1.807, 2.05) is 6.92 Å². The van der Waals surface area contributed by atoms with Crippen LogP contribution in [0.1, 0.15) is 38.2 Å². The van der Waals surface area contributed by atoms with E-state index >= 15 is 0 Å². The first-order valence-corrected chi connectivity index (χ1v) is 21.0. The van der Waals surface area contributed by atoms with Crippen LogP contribution in [0.2, 0.25) is 0 Å². The summed E-state index contributed by atoms with van der Waals surface area (Å²) in [5.74, 6) is 5.01. The highest BCUT2D eigenvalue weighted by Gasteiger charge is 2.31. The number of nitrogen functional groups attached to an aromatic ring is 1. The van der Waals surface area contributed by atoms with Gasteiger partial charge in [0.1, 0.15) is 6.29 Å². The quantitative estimate of drug-likeness (QED) is 0.0273. The average molecular weight is 967 g/mol. The van der Waals surface area contributed by atoms with E-state index in [1.165, 1.54) is 12.1 Å². The molecule has 0 aliphatic carbocycles. The molecule has 0 saturated carbocycles. The summed E-state index contributed by atoms with van der Waals surface area (Å²) in [5.41, 5.74) is 8.45. The number of anilines is 8. The smallest absolute Gasteiger partial charge is 0.378 e. The maximum absolute atomic E-state index is 14.1. The molecular formula is C46H46F8N12O3. The highest BCUT2D eigenvalue weighted by atomic mass is 19.4. The van der Waals surface area contributed by atoms with Crippen LogP contribution in [0.15, 0.2) is 102 Å². The van der Waals surface area contributed by atoms with Gasteiger partial charge in [0, 0.05) is 54.5 Å². The molecule has 6 aromatic rings. The number of benzene rings is 4. The standard InChI is InChI=1S/C23H22F4N6O.C15H12F3NO.C8H12FN5O/c1-15-11-19(30-18-4-2-3-17(12-18)23(25,26)27)6-5-16(15)13-29-32-22-28-14-20(24)21(31-22)33-7-9-34-10-8-33;1-10-7-14(6-5-11(10)9-20)19-13-4-2-3-12(8-13)15(16,17)18;9-6-5-11-8(13-10)12-7(6)14-1-3-15-4-2-14/h2-6,11-14,30H,7-10H2,1H3,(H,28,31,32);2-9,19H,1H3;5H,1-4,10H2,(H,11,12,13)/b29-13+;;. The van der Waals surface area contributed by atoms with Crippen molar-refractivity contribution in [3.63, 3.8) is 0 Å². The third kappa shape index (κ3) is 14.7. The molecule has 69 heavy (non-hydrogen) atoms. The molecule has 2 fully saturated rings. The van der Waals surface area contributed by atoms with Crippen LogP contribution >= 0.6 is 0 Å². The number of nitrogens with one attached hydrogen (secondary N) is 4. The Morgan fingerprint density at radius 2 is 1.06 bits per heavy atom. The fourth-order valence-electron chi connectivity index (χ4n) is 6.66. The number of nitrogens with zero attached hydrogens (tertiary/aromatic N) is 7. The molecule has 23 heteroatoms. The summed E-state index contributed by atoms with van der Waals surface area (Å²) in [6.07, 6.45) is -4.27. The molecule has 2 saturated heterocycles. The van der Waals surface area contributed by atoms with Crippen molar-refractivity contribution >= 4 is 58.8 Å². The number of hydrazone groups is 1. The summed E-state index contributed by atoms with van der Waals surface area (Å²) in [5, 5.41) is 10.0. The Balaban J connectivity index is 0.000000188. The van der Waals surface area contributed by atoms with Crippen LogP contribution in [0.25, 0.3) is 0 Å². The van der Waals surface area contributed by atoms with Crippen LogP contribution in [-0.2, 0) is 21.8 Å². The summed E-state index contributed by atoms with van der Waals surface area (Å²) in [7, 11) is 0. The first-order valence-electron chi connectivity index (χ1n) is 21.0. The van der Waals surface area contributed by atoms with E-state index in [0.29, 0.717) is 80.9 Å². The van der Waals surface area contributed by atoms with Crippen LogP contribution in [0, 0.1) is 25.5 Å². The van der Waals surface area contributed by atoms with Crippen molar-refractivity contribution in [2.45, 2.75) is 26.2 Å². The topological polar surface area (TPSA) is 180 Å². The van der Waals surface area contributed by atoms with E-state index < -0.39 is 35.1 Å². The molecule has 4 aromatic carbocycles. The highest BCUT2D eigenvalue weighted by molar-refractivity contribution is 5.83. The number of hydrogen-bond acceptors (Lipinski definition) is 15. The number of hydrogen-bond donors (Lipinski definition) is 5. The molecule has 364 valence electrons. The number of morpholine rings is 2. The van der Waals surface area contributed by atoms with E-state index in [0.717, 1.165) is 59.6 Å². The zero-order valence-corrected chi connectivity index (χ0v) is 37.0. The van der Waals surface area contributed by atoms with Gasteiger partial charge in [0.15, 0.2) is 23.3 Å². The highest BCUT2D eigenvalue weighted by Crippen LogP contribution is 2.33. The van der Waals surface area contributed by atoms with Gasteiger partial charge in [-0.1, -0.05) is 18.2 Å². The molecule has 0 atom stereocenters. The van der Waals surface area contributed by atoms with Gasteiger partial charge in [-0.25, -0.2) is 30.0 Å². The number of carbonyl (C=O) groups is 1. The maximum Gasteiger partial charge on any atom is 0.416 e. The summed E-state index contributed by atoms with van der Waals surface area (Å²) < 4.78 is 115. The molecular weight excluding hydrogens is 921 g/mol. The number of alkyl halides is 6. The van der Waals surface area contributed by atoms with Gasteiger partial charge < -0.3 is 29.9 Å². The molecule has 0 bridgehead atoms. The molecule has 15 nitrogen and oxygen atoms in total. The van der Waals surface area contributed by atoms with Gasteiger partial charge in [-0.15, -0.1) is 0 Å². The Bertz CT molecular complexity index is 2700. The largest absolute Gasteiger partial charge is 0.416 e. The first-order chi connectivity index (χ1) is 33.0. The number of carbonyl (C=O) groups excluding carboxylic acids is 1. The van der Waals surface area contributed by atoms with E-state index in [9.17, 15) is 39.9 Å². The molecule has 0 amide bonds. The molecule has 2 aromatic heterocycles. The predicted molar refractivity (Wildman–Crippen MR) is 246 cm³/mol. The zero-order valence-electron chi connectivity index (χ0n) is 37.0. The minimum atomic E-state index is -4.40. The van der Waals surface area contributed by atoms with Gasteiger partial charge in [-0.05, 0) is 97.3 Å². The molecule has 8 rings (SSSR count). The second kappa shape index (κ2) is 23.5. The van der Waals surface area contributed by atoms with Gasteiger partial charge in [-0.2, -0.15) is 41.4 Å². The second-order valence-electron chi connectivity index (χ2n) is 15.1. The molecule has 0 unspecified atom stereocenters. The third-order valence-corrected chi connectivity index (χ3v) is 10.2. The molecule has 6 N–H and O–H groups in total. The second-order valence-corrected chi connectivity index (χ2v) is 15.1. The Kier molecular flexibility index (Phi) is 17.3. The van der Waals surface area contributed by atoms with Gasteiger partial charge >= 0.3 is 12.4 Å². The fraction of sp³-hybridized carbons (Fsp3) is 0.261. The number of halogens is 8. The molecule has 2 aliphatic heterocycles. The van der Waals surface area contributed by atoms with Crippen molar-refractivity contribution in [2.75, 3.05) is 83.9 Å². The fourth-order valence-corrected chi connectivity index (χ4v) is 6.66. The average Bonchev–Trinajstić information content (AvgIpc) is 3.33. The van der Waals surface area contributed by atoms with Crippen molar-refractivity contribution in [1.82, 2.24) is 19.9 Å². The Hall–Kier alpha value is -7.50. The van der Waals surface area contributed by atoms with Gasteiger partial charge in [0.2, 0.25) is 11.9 Å². The number of aryl methyl sites for hydroxylation is 2. The van der Waals surface area contributed by atoms with Crippen molar-refractivity contribution in [1.29, 1.82) is 0 Å². The lowest BCUT2D eigenvalue weighted by atomic mass is 10.1. The van der Waals surface area contributed by atoms with Crippen LogP contribution in [0.4, 0.5) is 81.4 Å². The van der Waals surface area contributed by atoms with Crippen molar-refractivity contribution in [2.24, 2.45) is 10.9 Å². The van der Waals surface area contributed by atoms with Crippen LogP contribution in [-0.4, -0.2) is 85.0 Å². The number of aromatic nitrogens is 4. The lowest BCUT2D eigenvalue weighted by molar-refractivity contribution is -0.138. The summed E-state index contributed by atoms with van der Waals surface area (Å²) >= 11 is 0. The van der Waals surface area contributed by atoms with Gasteiger partial charge in [0.25, 0.3) is 0 Å². The zero-order chi connectivity index (χ0) is 49.6. The van der Waals surface area contributed by atoms with Crippen LogP contribution < -0.4 is 37.1 Å². The minimum absolute atomic E-state index is 0.152. The predicted octanol–water partition coefficient (Wildman–Crippen LogP) is 9.28. The van der Waals surface area contributed by atoms with Crippen molar-refractivity contribution in [3.8, 4) is 0 Å². The number of nitrogens with two attached hydrogens (primary N) is 1. The minimum Gasteiger partial charge on any atom is -0.378 e. The molecule has 4 heterocycles. The third-order valence-electron chi connectivity index (χ3n) is 10.2. The lowest BCUT2D eigenvalue weighted by Gasteiger charge is -2.27. The van der Waals surface area contributed by atoms with E-state index in [4.69, 9.17) is 15.3 Å². The van der Waals surface area contributed by atoms with E-state index in [1.54, 1.807) is 71.5 Å². The first kappa shape index (κ1) is 50.9. The van der Waals surface area contributed by atoms with E-state index in [-0.39, 0.29) is 23.5 Å². The van der Waals surface area contributed by atoms with Crippen LogP contribution in [0.5, 0.6) is 0 Å². The molecule has 0 spiro atoms. The Morgan fingerprint density at radius 3 is 1.49 bits per heavy atom. The summed E-state index contributed by atoms with van der Waals surface area (Å²) in [4.78, 5) is 30.1. The van der Waals surface area contributed by atoms with Gasteiger partial charge in [0.05, 0.1) is 56.2 Å². The number of hydrazine groups is 1. The van der Waals surface area contributed by atoms with Crippen molar-refractivity contribution < 1.29 is 49.4 Å². The lowest BCUT2D eigenvalue weighted by Crippen LogP contribution is -2.37. The monoisotopic (exact) mass is 966 g/mol. The van der Waals surface area contributed by atoms with E-state index in [2.05, 4.69) is 46.5 Å². The normalized spacial score (nSPS) is 14.0. The Morgan fingerprint density at radius 1 is 0.623 bits per heavy atom. The maximum atomic E-state index is 14.1. The van der Waals surface area contributed by atoms with Gasteiger partial charge in [-0.3, -0.25) is 10.2 Å².